The molecule has 0 spiro atoms. The molecule has 1 N–H and O–H groups in total. The summed E-state index contributed by atoms with van der Waals surface area (Å²) in [7, 11) is 0. The molecule has 2 heterocycles. The Labute approximate surface area is 132 Å². The summed E-state index contributed by atoms with van der Waals surface area (Å²) in [5.41, 5.74) is 3.86. The van der Waals surface area contributed by atoms with Gasteiger partial charge in [0.1, 0.15) is 11.5 Å². The standard InChI is InChI=1S/C18H13N3O2/c22-11-18-20-16-6-5-15(9-17(16)21-18)23-14-3-1-12(2-4-14)13-7-8-19-10-13/h1-9,11H,10H2,(H,20,21). The number of benzene rings is 2. The van der Waals surface area contributed by atoms with Crippen molar-refractivity contribution in [3.05, 3.63) is 59.9 Å². The number of nitrogens with zero attached hydrogens (tertiary/aromatic N) is 2. The summed E-state index contributed by atoms with van der Waals surface area (Å²) in [6.07, 6.45) is 4.54. The molecule has 1 aromatic heterocycles. The van der Waals surface area contributed by atoms with E-state index in [2.05, 4.69) is 15.0 Å². The SMILES string of the molecule is O=Cc1nc2ccc(Oc3ccc(C4=CC=NC4)cc3)cc2[nH]1. The maximum atomic E-state index is 10.8. The molecular weight excluding hydrogens is 290 g/mol. The van der Waals surface area contributed by atoms with Gasteiger partial charge in [-0.3, -0.25) is 9.79 Å². The number of nitrogens with one attached hydrogen (secondary N) is 1. The van der Waals surface area contributed by atoms with Gasteiger partial charge in [0.05, 0.1) is 17.6 Å². The average molecular weight is 303 g/mol. The molecule has 112 valence electrons. The zero-order chi connectivity index (χ0) is 15.6. The molecule has 0 fully saturated rings. The number of carbonyl (C=O) groups is 1. The highest BCUT2D eigenvalue weighted by Crippen LogP contribution is 2.26. The number of hydrogen-bond donors (Lipinski definition) is 1. The Morgan fingerprint density at radius 2 is 1.91 bits per heavy atom. The van der Waals surface area contributed by atoms with E-state index in [1.165, 1.54) is 5.57 Å². The molecule has 2 aromatic carbocycles. The summed E-state index contributed by atoms with van der Waals surface area (Å²) in [4.78, 5) is 22.0. The molecule has 0 amide bonds. The van der Waals surface area contributed by atoms with Crippen LogP contribution < -0.4 is 4.74 Å². The number of ether oxygens (including phenoxy) is 1. The molecule has 0 aliphatic carbocycles. The summed E-state index contributed by atoms with van der Waals surface area (Å²) in [5, 5.41) is 0. The van der Waals surface area contributed by atoms with E-state index >= 15 is 0 Å². The van der Waals surface area contributed by atoms with Gasteiger partial charge in [-0.25, -0.2) is 4.98 Å². The first kappa shape index (κ1) is 13.5. The fourth-order valence-electron chi connectivity index (χ4n) is 2.53. The molecule has 5 nitrogen and oxygen atoms in total. The van der Waals surface area contributed by atoms with Crippen molar-refractivity contribution in [3.63, 3.8) is 0 Å². The van der Waals surface area contributed by atoms with E-state index in [0.717, 1.165) is 28.9 Å². The van der Waals surface area contributed by atoms with Crippen LogP contribution in [0.1, 0.15) is 16.2 Å². The van der Waals surface area contributed by atoms with Crippen LogP contribution in [-0.2, 0) is 0 Å². The lowest BCUT2D eigenvalue weighted by atomic mass is 10.1. The van der Waals surface area contributed by atoms with Gasteiger partial charge in [-0.05, 0) is 41.5 Å². The first-order valence-electron chi connectivity index (χ1n) is 7.24. The molecule has 0 saturated heterocycles. The monoisotopic (exact) mass is 303 g/mol. The molecular formula is C18H13N3O2. The Kier molecular flexibility index (Phi) is 3.24. The van der Waals surface area contributed by atoms with Gasteiger partial charge in [0.15, 0.2) is 12.1 Å². The minimum absolute atomic E-state index is 0.313. The van der Waals surface area contributed by atoms with Gasteiger partial charge in [-0.2, -0.15) is 0 Å². The van der Waals surface area contributed by atoms with Crippen molar-refractivity contribution in [3.8, 4) is 11.5 Å². The van der Waals surface area contributed by atoms with Crippen LogP contribution in [0.25, 0.3) is 16.6 Å². The maximum Gasteiger partial charge on any atom is 0.185 e. The number of fused-ring (bicyclic) bond motifs is 1. The lowest BCUT2D eigenvalue weighted by Gasteiger charge is -2.07. The summed E-state index contributed by atoms with van der Waals surface area (Å²) < 4.78 is 5.86. The van der Waals surface area contributed by atoms with Gasteiger partial charge >= 0.3 is 0 Å². The fraction of sp³-hybridized carbons (Fsp3) is 0.0556. The second-order valence-corrected chi connectivity index (χ2v) is 5.23. The third-order valence-corrected chi connectivity index (χ3v) is 3.69. The molecule has 0 atom stereocenters. The lowest BCUT2D eigenvalue weighted by Crippen LogP contribution is -1.87. The van der Waals surface area contributed by atoms with Crippen molar-refractivity contribution >= 4 is 29.1 Å². The highest BCUT2D eigenvalue weighted by Gasteiger charge is 2.06. The number of rotatable bonds is 4. The lowest BCUT2D eigenvalue weighted by molar-refractivity contribution is 0.111. The zero-order valence-electron chi connectivity index (χ0n) is 12.2. The number of hydrogen-bond acceptors (Lipinski definition) is 4. The first-order valence-corrected chi connectivity index (χ1v) is 7.24. The predicted molar refractivity (Wildman–Crippen MR) is 89.3 cm³/mol. The van der Waals surface area contributed by atoms with Gasteiger partial charge in [0, 0.05) is 12.3 Å². The topological polar surface area (TPSA) is 67.3 Å². The van der Waals surface area contributed by atoms with E-state index < -0.39 is 0 Å². The Morgan fingerprint density at radius 3 is 2.65 bits per heavy atom. The number of imidazole rings is 1. The number of aromatic amines is 1. The number of H-pyrrole nitrogens is 1. The zero-order valence-corrected chi connectivity index (χ0v) is 12.2. The number of allylic oxidation sites excluding steroid dienone is 1. The van der Waals surface area contributed by atoms with E-state index in [-0.39, 0.29) is 0 Å². The van der Waals surface area contributed by atoms with E-state index in [9.17, 15) is 4.79 Å². The van der Waals surface area contributed by atoms with Crippen LogP contribution in [0, 0.1) is 0 Å². The van der Waals surface area contributed by atoms with Crippen LogP contribution in [0.15, 0.2) is 53.5 Å². The summed E-state index contributed by atoms with van der Waals surface area (Å²) in [6.45, 7) is 0.732. The van der Waals surface area contributed by atoms with Crippen molar-refractivity contribution in [2.75, 3.05) is 6.54 Å². The molecule has 4 rings (SSSR count). The van der Waals surface area contributed by atoms with Gasteiger partial charge in [0.2, 0.25) is 0 Å². The molecule has 5 heteroatoms. The first-order chi connectivity index (χ1) is 11.3. The van der Waals surface area contributed by atoms with Crippen LogP contribution in [0.3, 0.4) is 0 Å². The summed E-state index contributed by atoms with van der Waals surface area (Å²) >= 11 is 0. The number of aldehydes is 1. The van der Waals surface area contributed by atoms with Gasteiger partial charge in [-0.15, -0.1) is 0 Å². The number of aliphatic imine (C=N–C) groups is 1. The van der Waals surface area contributed by atoms with Gasteiger partial charge in [0.25, 0.3) is 0 Å². The van der Waals surface area contributed by atoms with Crippen LogP contribution in [0.2, 0.25) is 0 Å². The second kappa shape index (κ2) is 5.53. The molecule has 1 aliphatic rings. The van der Waals surface area contributed by atoms with Gasteiger partial charge < -0.3 is 9.72 Å². The van der Waals surface area contributed by atoms with Crippen molar-refractivity contribution in [1.29, 1.82) is 0 Å². The Morgan fingerprint density at radius 1 is 1.09 bits per heavy atom. The van der Waals surface area contributed by atoms with E-state index in [1.54, 1.807) is 0 Å². The van der Waals surface area contributed by atoms with Crippen molar-refractivity contribution < 1.29 is 9.53 Å². The molecule has 0 saturated carbocycles. The summed E-state index contributed by atoms with van der Waals surface area (Å²) in [5.74, 6) is 1.76. The molecule has 3 aromatic rings. The van der Waals surface area contributed by atoms with Crippen molar-refractivity contribution in [2.45, 2.75) is 0 Å². The normalized spacial score (nSPS) is 13.3. The quantitative estimate of drug-likeness (QED) is 0.748. The van der Waals surface area contributed by atoms with Crippen LogP contribution in [0.5, 0.6) is 11.5 Å². The van der Waals surface area contributed by atoms with Crippen molar-refractivity contribution in [2.24, 2.45) is 4.99 Å². The largest absolute Gasteiger partial charge is 0.457 e. The highest BCUT2D eigenvalue weighted by molar-refractivity contribution is 5.89. The minimum Gasteiger partial charge on any atom is -0.457 e. The number of aromatic nitrogens is 2. The minimum atomic E-state index is 0.313. The molecule has 0 unspecified atom stereocenters. The van der Waals surface area contributed by atoms with Crippen molar-refractivity contribution in [1.82, 2.24) is 9.97 Å². The molecule has 1 aliphatic heterocycles. The van der Waals surface area contributed by atoms with E-state index in [4.69, 9.17) is 4.74 Å². The number of carbonyl (C=O) groups excluding carboxylic acids is 1. The van der Waals surface area contributed by atoms with Crippen LogP contribution >= 0.6 is 0 Å². The summed E-state index contributed by atoms with van der Waals surface area (Å²) in [6, 6.07) is 13.4. The Balaban J connectivity index is 1.56. The van der Waals surface area contributed by atoms with E-state index in [1.807, 2.05) is 54.8 Å². The molecule has 0 radical (unpaired) electrons. The second-order valence-electron chi connectivity index (χ2n) is 5.23. The maximum absolute atomic E-state index is 10.8. The van der Waals surface area contributed by atoms with Crippen LogP contribution in [-0.4, -0.2) is 29.0 Å². The van der Waals surface area contributed by atoms with Gasteiger partial charge in [-0.1, -0.05) is 12.1 Å². The Hall–Kier alpha value is -3.21. The average Bonchev–Trinajstić information content (AvgIpc) is 3.24. The molecule has 0 bridgehead atoms. The highest BCUT2D eigenvalue weighted by atomic mass is 16.5. The smallest absolute Gasteiger partial charge is 0.185 e. The van der Waals surface area contributed by atoms with E-state index in [0.29, 0.717) is 17.9 Å². The molecule has 23 heavy (non-hydrogen) atoms. The third-order valence-electron chi connectivity index (χ3n) is 3.69. The Bertz CT molecular complexity index is 937. The predicted octanol–water partition coefficient (Wildman–Crippen LogP) is 3.64. The fourth-order valence-corrected chi connectivity index (χ4v) is 2.53. The van der Waals surface area contributed by atoms with Crippen LogP contribution in [0.4, 0.5) is 0 Å². The third kappa shape index (κ3) is 2.64.